The first-order chi connectivity index (χ1) is 13.9. The summed E-state index contributed by atoms with van der Waals surface area (Å²) in [6.45, 7) is 5.92. The van der Waals surface area contributed by atoms with Gasteiger partial charge in [-0.15, -0.1) is 0 Å². The summed E-state index contributed by atoms with van der Waals surface area (Å²) >= 11 is 2.24. The number of carbonyl (C=O) groups excluding carboxylic acids is 1. The fourth-order valence-corrected chi connectivity index (χ4v) is 4.43. The first-order valence-electron chi connectivity index (χ1n) is 8.99. The van der Waals surface area contributed by atoms with Gasteiger partial charge in [0.05, 0.1) is 49.7 Å². The van der Waals surface area contributed by atoms with Gasteiger partial charge in [-0.3, -0.25) is 4.79 Å². The fraction of sp³-hybridized carbons (Fsp3) is 0.318. The molecule has 7 heteroatoms. The second-order valence-corrected chi connectivity index (χ2v) is 7.92. The molecule has 0 aromatic heterocycles. The van der Waals surface area contributed by atoms with E-state index in [1.165, 1.54) is 0 Å². The number of rotatable bonds is 7. The Morgan fingerprint density at radius 3 is 2.00 bits per heavy atom. The van der Waals surface area contributed by atoms with E-state index in [9.17, 15) is 4.79 Å². The molecule has 0 radical (unpaired) electrons. The van der Waals surface area contributed by atoms with Crippen LogP contribution < -0.4 is 23.8 Å². The van der Waals surface area contributed by atoms with Gasteiger partial charge in [0, 0.05) is 12.1 Å². The van der Waals surface area contributed by atoms with Gasteiger partial charge in [0.15, 0.2) is 11.5 Å². The summed E-state index contributed by atoms with van der Waals surface area (Å²) in [5.74, 6) is 1.97. The number of benzene rings is 2. The Morgan fingerprint density at radius 2 is 1.55 bits per heavy atom. The molecule has 1 saturated heterocycles. The number of halogens is 1. The summed E-state index contributed by atoms with van der Waals surface area (Å²) in [4.78, 5) is 14.8. The lowest BCUT2D eigenvalue weighted by molar-refractivity contribution is -0.128. The fourth-order valence-electron chi connectivity index (χ4n) is 3.67. The van der Waals surface area contributed by atoms with Crippen molar-refractivity contribution in [3.8, 4) is 23.0 Å². The van der Waals surface area contributed by atoms with Crippen LogP contribution in [0.4, 0.5) is 5.69 Å². The molecule has 0 bridgehead atoms. The number of carbonyl (C=O) groups is 1. The van der Waals surface area contributed by atoms with Crippen LogP contribution in [0.5, 0.6) is 23.0 Å². The van der Waals surface area contributed by atoms with Gasteiger partial charge in [-0.05, 0) is 47.2 Å². The average Bonchev–Trinajstić information content (AvgIpc) is 2.70. The van der Waals surface area contributed by atoms with E-state index >= 15 is 0 Å². The Bertz CT molecular complexity index is 933. The molecule has 1 aliphatic rings. The minimum absolute atomic E-state index is 0.0115. The highest BCUT2D eigenvalue weighted by Gasteiger charge is 2.49. The van der Waals surface area contributed by atoms with Crippen LogP contribution in [0.3, 0.4) is 0 Å². The van der Waals surface area contributed by atoms with Gasteiger partial charge in [-0.2, -0.15) is 0 Å². The van der Waals surface area contributed by atoms with Crippen molar-refractivity contribution in [1.29, 1.82) is 0 Å². The molecule has 2 atom stereocenters. The van der Waals surface area contributed by atoms with Crippen molar-refractivity contribution in [1.82, 2.24) is 0 Å². The van der Waals surface area contributed by atoms with Gasteiger partial charge < -0.3 is 23.8 Å². The summed E-state index contributed by atoms with van der Waals surface area (Å²) < 4.78 is 22.7. The van der Waals surface area contributed by atoms with E-state index in [1.54, 1.807) is 45.5 Å². The summed E-state index contributed by atoms with van der Waals surface area (Å²) in [6, 6.07) is 9.34. The first-order valence-corrected chi connectivity index (χ1v) is 10.1. The first kappa shape index (κ1) is 21.3. The predicted octanol–water partition coefficient (Wildman–Crippen LogP) is 4.61. The molecule has 0 unspecified atom stereocenters. The molecule has 2 aromatic rings. The van der Waals surface area contributed by atoms with Crippen molar-refractivity contribution in [2.45, 2.75) is 13.0 Å². The zero-order valence-electron chi connectivity index (χ0n) is 17.1. The molecule has 6 nitrogen and oxygen atoms in total. The minimum Gasteiger partial charge on any atom is -0.496 e. The molecule has 1 amide bonds. The molecule has 29 heavy (non-hydrogen) atoms. The Labute approximate surface area is 184 Å². The van der Waals surface area contributed by atoms with E-state index in [0.717, 1.165) is 20.5 Å². The van der Waals surface area contributed by atoms with Crippen LogP contribution in [0.25, 0.3) is 0 Å². The van der Waals surface area contributed by atoms with E-state index in [-0.39, 0.29) is 17.9 Å². The summed E-state index contributed by atoms with van der Waals surface area (Å²) in [6.07, 6.45) is 0. The number of hydrogen-bond acceptors (Lipinski definition) is 5. The molecule has 0 N–H and O–H groups in total. The van der Waals surface area contributed by atoms with Crippen LogP contribution in [0.1, 0.15) is 18.5 Å². The zero-order valence-corrected chi connectivity index (χ0v) is 19.3. The summed E-state index contributed by atoms with van der Waals surface area (Å²) in [5.41, 5.74) is 2.52. The van der Waals surface area contributed by atoms with Crippen LogP contribution in [-0.4, -0.2) is 34.3 Å². The monoisotopic (exact) mass is 509 g/mol. The third-order valence-corrected chi connectivity index (χ3v) is 5.92. The van der Waals surface area contributed by atoms with Gasteiger partial charge in [-0.1, -0.05) is 18.2 Å². The van der Waals surface area contributed by atoms with Crippen molar-refractivity contribution in [3.05, 3.63) is 51.6 Å². The Kier molecular flexibility index (Phi) is 6.26. The molecule has 1 aliphatic heterocycles. The SMILES string of the molecule is C=C(C)[C@@H]1C(=O)N(c2cc(OC)c(OC)c(OC)c2)[C@H]1c1ccc(OC)c(I)c1. The Morgan fingerprint density at radius 1 is 0.966 bits per heavy atom. The Hall–Kier alpha value is -2.42. The molecule has 0 saturated carbocycles. The molecule has 3 rings (SSSR count). The highest BCUT2D eigenvalue weighted by atomic mass is 127. The quantitative estimate of drug-likeness (QED) is 0.310. The molecule has 1 heterocycles. The summed E-state index contributed by atoms with van der Waals surface area (Å²) in [5, 5.41) is 0. The zero-order chi connectivity index (χ0) is 21.3. The van der Waals surface area contributed by atoms with Gasteiger partial charge in [0.2, 0.25) is 11.7 Å². The van der Waals surface area contributed by atoms with Gasteiger partial charge in [0.1, 0.15) is 5.75 Å². The van der Waals surface area contributed by atoms with Crippen molar-refractivity contribution >= 4 is 34.2 Å². The number of nitrogens with zero attached hydrogens (tertiary/aromatic N) is 1. The number of anilines is 1. The molecule has 1 fully saturated rings. The maximum Gasteiger partial charge on any atom is 0.237 e. The maximum absolute atomic E-state index is 13.1. The van der Waals surface area contributed by atoms with Crippen molar-refractivity contribution < 1.29 is 23.7 Å². The van der Waals surface area contributed by atoms with E-state index in [1.807, 2.05) is 25.1 Å². The van der Waals surface area contributed by atoms with Crippen LogP contribution in [0.2, 0.25) is 0 Å². The van der Waals surface area contributed by atoms with Crippen LogP contribution in [-0.2, 0) is 4.79 Å². The molecule has 0 aliphatic carbocycles. The van der Waals surface area contributed by atoms with Crippen LogP contribution >= 0.6 is 22.6 Å². The lowest BCUT2D eigenvalue weighted by Gasteiger charge is -2.48. The third-order valence-electron chi connectivity index (χ3n) is 5.07. The number of ether oxygens (including phenoxy) is 4. The normalized spacial score (nSPS) is 18.1. The van der Waals surface area contributed by atoms with E-state index in [4.69, 9.17) is 18.9 Å². The van der Waals surface area contributed by atoms with Crippen LogP contribution in [0, 0.1) is 9.49 Å². The molecular weight excluding hydrogens is 485 g/mol. The van der Waals surface area contributed by atoms with Crippen molar-refractivity contribution in [2.75, 3.05) is 33.3 Å². The third kappa shape index (κ3) is 3.63. The van der Waals surface area contributed by atoms with E-state index < -0.39 is 0 Å². The number of hydrogen-bond donors (Lipinski definition) is 0. The molecule has 0 spiro atoms. The molecular formula is C22H24INO5. The Balaban J connectivity index is 2.11. The van der Waals surface area contributed by atoms with Gasteiger partial charge in [0.25, 0.3) is 0 Å². The van der Waals surface area contributed by atoms with E-state index in [2.05, 4.69) is 29.2 Å². The minimum atomic E-state index is -0.293. The van der Waals surface area contributed by atoms with Crippen LogP contribution in [0.15, 0.2) is 42.5 Å². The standard InChI is InChI=1S/C22H24INO5/c1-12(2)19-20(13-7-8-16(26-3)15(23)9-13)24(22(19)25)14-10-17(27-4)21(29-6)18(11-14)28-5/h7-11,19-20H,1H2,2-6H3/t19-,20-/m0/s1. The summed E-state index contributed by atoms with van der Waals surface area (Å²) in [7, 11) is 6.30. The smallest absolute Gasteiger partial charge is 0.237 e. The number of methoxy groups -OCH3 is 4. The highest BCUT2D eigenvalue weighted by Crippen LogP contribution is 2.50. The largest absolute Gasteiger partial charge is 0.496 e. The predicted molar refractivity (Wildman–Crippen MR) is 120 cm³/mol. The second-order valence-electron chi connectivity index (χ2n) is 6.75. The average molecular weight is 509 g/mol. The second kappa shape index (κ2) is 8.52. The number of amides is 1. The van der Waals surface area contributed by atoms with Crippen molar-refractivity contribution in [3.63, 3.8) is 0 Å². The van der Waals surface area contributed by atoms with Gasteiger partial charge >= 0.3 is 0 Å². The molecule has 2 aromatic carbocycles. The topological polar surface area (TPSA) is 57.2 Å². The van der Waals surface area contributed by atoms with Crippen molar-refractivity contribution in [2.24, 2.45) is 5.92 Å². The lowest BCUT2D eigenvalue weighted by atomic mass is 9.78. The highest BCUT2D eigenvalue weighted by molar-refractivity contribution is 14.1. The van der Waals surface area contributed by atoms with Gasteiger partial charge in [-0.25, -0.2) is 0 Å². The van der Waals surface area contributed by atoms with E-state index in [0.29, 0.717) is 22.9 Å². The lowest BCUT2D eigenvalue weighted by Crippen LogP contribution is -2.55. The molecule has 154 valence electrons. The number of β-lactam (4-membered cyclic amide) rings is 1. The maximum atomic E-state index is 13.1.